The highest BCUT2D eigenvalue weighted by molar-refractivity contribution is 5.32. The van der Waals surface area contributed by atoms with Gasteiger partial charge in [0.05, 0.1) is 5.56 Å². The average Bonchev–Trinajstić information content (AvgIpc) is 2.45. The molecule has 1 saturated carbocycles. The average molecular weight is 286 g/mol. The van der Waals surface area contributed by atoms with E-state index in [0.717, 1.165) is 18.9 Å². The summed E-state index contributed by atoms with van der Waals surface area (Å²) >= 11 is 0. The molecular weight excluding hydrogens is 265 g/mol. The van der Waals surface area contributed by atoms with E-state index in [1.54, 1.807) is 6.07 Å². The van der Waals surface area contributed by atoms with Crippen molar-refractivity contribution in [3.05, 3.63) is 35.4 Å². The van der Waals surface area contributed by atoms with E-state index in [9.17, 15) is 13.2 Å². The third-order valence-electron chi connectivity index (χ3n) is 4.14. The second-order valence-corrected chi connectivity index (χ2v) is 5.54. The summed E-state index contributed by atoms with van der Waals surface area (Å²) in [6.45, 7) is 0. The van der Waals surface area contributed by atoms with Crippen LogP contribution in [0.1, 0.15) is 55.7 Å². The molecule has 1 aromatic rings. The van der Waals surface area contributed by atoms with Crippen molar-refractivity contribution in [1.29, 1.82) is 0 Å². The Bertz CT molecular complexity index is 425. The Morgan fingerprint density at radius 3 is 2.40 bits per heavy atom. The van der Waals surface area contributed by atoms with Crippen molar-refractivity contribution in [3.63, 3.8) is 0 Å². The smallest absolute Gasteiger partial charge is 0.271 e. The standard InChI is InChI=1S/C15H21F3N2/c16-15(17,18)13-9-5-4-8-12(13)14(20-19)10-11-6-2-1-3-7-11/h4-5,8-9,11,14,20H,1-3,6-7,10,19H2. The van der Waals surface area contributed by atoms with Crippen LogP contribution in [-0.4, -0.2) is 0 Å². The van der Waals surface area contributed by atoms with Crippen molar-refractivity contribution in [3.8, 4) is 0 Å². The second kappa shape index (κ2) is 6.59. The summed E-state index contributed by atoms with van der Waals surface area (Å²) in [7, 11) is 0. The quantitative estimate of drug-likeness (QED) is 0.643. The van der Waals surface area contributed by atoms with Gasteiger partial charge >= 0.3 is 6.18 Å². The molecule has 2 nitrogen and oxygen atoms in total. The predicted octanol–water partition coefficient (Wildman–Crippen LogP) is 4.18. The van der Waals surface area contributed by atoms with Crippen LogP contribution in [0, 0.1) is 5.92 Å². The topological polar surface area (TPSA) is 38.0 Å². The summed E-state index contributed by atoms with van der Waals surface area (Å²) in [5, 5.41) is 0. The summed E-state index contributed by atoms with van der Waals surface area (Å²) in [6, 6.07) is 5.27. The molecule has 0 saturated heterocycles. The van der Waals surface area contributed by atoms with Crippen LogP contribution >= 0.6 is 0 Å². The first-order valence-electron chi connectivity index (χ1n) is 7.14. The van der Waals surface area contributed by atoms with E-state index in [1.165, 1.54) is 31.4 Å². The maximum atomic E-state index is 13.1. The largest absolute Gasteiger partial charge is 0.416 e. The number of hydrogen-bond donors (Lipinski definition) is 2. The van der Waals surface area contributed by atoms with Crippen LogP contribution in [0.5, 0.6) is 0 Å². The molecule has 1 atom stereocenters. The Hall–Kier alpha value is -1.07. The molecule has 5 heteroatoms. The number of halogens is 3. The van der Waals surface area contributed by atoms with E-state index in [4.69, 9.17) is 5.84 Å². The van der Waals surface area contributed by atoms with Gasteiger partial charge in [-0.05, 0) is 24.0 Å². The molecule has 1 aromatic carbocycles. The van der Waals surface area contributed by atoms with Gasteiger partial charge in [0.15, 0.2) is 0 Å². The van der Waals surface area contributed by atoms with Gasteiger partial charge in [0.1, 0.15) is 0 Å². The Morgan fingerprint density at radius 1 is 1.15 bits per heavy atom. The third-order valence-corrected chi connectivity index (χ3v) is 4.14. The maximum absolute atomic E-state index is 13.1. The highest BCUT2D eigenvalue weighted by atomic mass is 19.4. The first-order valence-corrected chi connectivity index (χ1v) is 7.14. The fraction of sp³-hybridized carbons (Fsp3) is 0.600. The molecule has 20 heavy (non-hydrogen) atoms. The number of nitrogens with one attached hydrogen (secondary N) is 1. The van der Waals surface area contributed by atoms with Crippen molar-refractivity contribution in [2.45, 2.75) is 50.7 Å². The molecule has 1 aliphatic rings. The summed E-state index contributed by atoms with van der Waals surface area (Å²) in [5.41, 5.74) is 2.25. The predicted molar refractivity (Wildman–Crippen MR) is 72.7 cm³/mol. The van der Waals surface area contributed by atoms with Crippen molar-refractivity contribution in [2.24, 2.45) is 11.8 Å². The van der Waals surface area contributed by atoms with E-state index in [2.05, 4.69) is 5.43 Å². The van der Waals surface area contributed by atoms with Gasteiger partial charge in [0, 0.05) is 6.04 Å². The molecule has 0 bridgehead atoms. The molecule has 0 aromatic heterocycles. The number of rotatable bonds is 4. The zero-order valence-electron chi connectivity index (χ0n) is 11.4. The van der Waals surface area contributed by atoms with Gasteiger partial charge < -0.3 is 0 Å². The van der Waals surface area contributed by atoms with Crippen LogP contribution in [0.25, 0.3) is 0 Å². The maximum Gasteiger partial charge on any atom is 0.416 e. The van der Waals surface area contributed by atoms with Crippen LogP contribution in [-0.2, 0) is 6.18 Å². The van der Waals surface area contributed by atoms with E-state index in [1.807, 2.05) is 0 Å². The lowest BCUT2D eigenvalue weighted by Gasteiger charge is -2.28. The summed E-state index contributed by atoms with van der Waals surface area (Å²) in [4.78, 5) is 0. The van der Waals surface area contributed by atoms with Crippen LogP contribution in [0.15, 0.2) is 24.3 Å². The van der Waals surface area contributed by atoms with Gasteiger partial charge in [0.25, 0.3) is 0 Å². The summed E-state index contributed by atoms with van der Waals surface area (Å²) in [5.74, 6) is 5.98. The number of alkyl halides is 3. The van der Waals surface area contributed by atoms with Crippen molar-refractivity contribution in [2.75, 3.05) is 0 Å². The lowest BCUT2D eigenvalue weighted by molar-refractivity contribution is -0.138. The normalized spacial score (nSPS) is 19.0. The first-order chi connectivity index (χ1) is 9.52. The Morgan fingerprint density at radius 2 is 1.80 bits per heavy atom. The van der Waals surface area contributed by atoms with Crippen LogP contribution in [0.3, 0.4) is 0 Å². The number of hydrazine groups is 1. The Kier molecular flexibility index (Phi) is 5.05. The molecular formula is C15H21F3N2. The molecule has 1 fully saturated rings. The minimum Gasteiger partial charge on any atom is -0.271 e. The first kappa shape index (κ1) is 15.3. The second-order valence-electron chi connectivity index (χ2n) is 5.54. The van der Waals surface area contributed by atoms with Gasteiger partial charge in [-0.3, -0.25) is 11.3 Å². The van der Waals surface area contributed by atoms with Crippen molar-refractivity contribution < 1.29 is 13.2 Å². The van der Waals surface area contributed by atoms with Gasteiger partial charge in [-0.1, -0.05) is 50.3 Å². The lowest BCUT2D eigenvalue weighted by atomic mass is 9.82. The van der Waals surface area contributed by atoms with Crippen LogP contribution < -0.4 is 11.3 Å². The zero-order chi connectivity index (χ0) is 14.6. The van der Waals surface area contributed by atoms with E-state index < -0.39 is 17.8 Å². The van der Waals surface area contributed by atoms with Gasteiger partial charge in [-0.15, -0.1) is 0 Å². The molecule has 0 radical (unpaired) electrons. The summed E-state index contributed by atoms with van der Waals surface area (Å²) < 4.78 is 39.2. The SMILES string of the molecule is NNC(CC1CCCCC1)c1ccccc1C(F)(F)F. The molecule has 2 rings (SSSR count). The summed E-state index contributed by atoms with van der Waals surface area (Å²) in [6.07, 6.45) is 2.09. The highest BCUT2D eigenvalue weighted by Crippen LogP contribution is 2.38. The third kappa shape index (κ3) is 3.73. The fourth-order valence-electron chi connectivity index (χ4n) is 3.10. The van der Waals surface area contributed by atoms with Gasteiger partial charge in [0.2, 0.25) is 0 Å². The molecule has 3 N–H and O–H groups in total. The molecule has 112 valence electrons. The van der Waals surface area contributed by atoms with Crippen molar-refractivity contribution >= 4 is 0 Å². The van der Waals surface area contributed by atoms with Crippen LogP contribution in [0.2, 0.25) is 0 Å². The zero-order valence-corrected chi connectivity index (χ0v) is 11.4. The van der Waals surface area contributed by atoms with Crippen LogP contribution in [0.4, 0.5) is 13.2 Å². The Labute approximate surface area is 117 Å². The fourth-order valence-corrected chi connectivity index (χ4v) is 3.10. The Balaban J connectivity index is 2.18. The minimum atomic E-state index is -4.34. The molecule has 1 aliphatic carbocycles. The monoisotopic (exact) mass is 286 g/mol. The number of hydrogen-bond acceptors (Lipinski definition) is 2. The van der Waals surface area contributed by atoms with E-state index >= 15 is 0 Å². The number of benzene rings is 1. The molecule has 0 heterocycles. The molecule has 0 aliphatic heterocycles. The minimum absolute atomic E-state index is 0.257. The number of nitrogens with two attached hydrogens (primary N) is 1. The van der Waals surface area contributed by atoms with E-state index in [-0.39, 0.29) is 5.56 Å². The van der Waals surface area contributed by atoms with Gasteiger partial charge in [-0.2, -0.15) is 13.2 Å². The molecule has 0 amide bonds. The lowest BCUT2D eigenvalue weighted by Crippen LogP contribution is -2.31. The molecule has 1 unspecified atom stereocenters. The molecule has 0 spiro atoms. The van der Waals surface area contributed by atoms with Crippen molar-refractivity contribution in [1.82, 2.24) is 5.43 Å². The highest BCUT2D eigenvalue weighted by Gasteiger charge is 2.35. The van der Waals surface area contributed by atoms with E-state index in [0.29, 0.717) is 12.3 Å². The van der Waals surface area contributed by atoms with Gasteiger partial charge in [-0.25, -0.2) is 0 Å².